The molecule has 14 heavy (non-hydrogen) atoms. The Morgan fingerprint density at radius 2 is 2.21 bits per heavy atom. The van der Waals surface area contributed by atoms with Gasteiger partial charge in [-0.05, 0) is 26.8 Å². The van der Waals surface area contributed by atoms with Gasteiger partial charge in [-0.15, -0.1) is 11.8 Å². The summed E-state index contributed by atoms with van der Waals surface area (Å²) >= 11 is 1.62. The largest absolute Gasteiger partial charge is 0.465 e. The van der Waals surface area contributed by atoms with Crippen LogP contribution in [-0.2, 0) is 9.53 Å². The Labute approximate surface area is 91.0 Å². The topological polar surface area (TPSA) is 38.3 Å². The van der Waals surface area contributed by atoms with Crippen LogP contribution in [-0.4, -0.2) is 36.7 Å². The summed E-state index contributed by atoms with van der Waals surface area (Å²) in [5.41, 5.74) is 0. The van der Waals surface area contributed by atoms with E-state index in [2.05, 4.69) is 19.2 Å². The van der Waals surface area contributed by atoms with E-state index >= 15 is 0 Å². The van der Waals surface area contributed by atoms with Crippen molar-refractivity contribution in [1.82, 2.24) is 5.32 Å². The molecule has 0 aliphatic heterocycles. The molecule has 3 nitrogen and oxygen atoms in total. The molecule has 0 bridgehead atoms. The maximum Gasteiger partial charge on any atom is 0.315 e. The normalized spacial score (nSPS) is 12.5. The zero-order valence-electron chi connectivity index (χ0n) is 9.34. The predicted octanol–water partition coefficient (Wildman–Crippen LogP) is 1.67. The first-order chi connectivity index (χ1) is 6.70. The van der Waals surface area contributed by atoms with Crippen LogP contribution < -0.4 is 5.32 Å². The van der Waals surface area contributed by atoms with Gasteiger partial charge in [-0.1, -0.05) is 6.92 Å². The summed E-state index contributed by atoms with van der Waals surface area (Å²) in [5, 5.41) is 3.37. The molecule has 0 fully saturated rings. The Kier molecular flexibility index (Phi) is 9.19. The van der Waals surface area contributed by atoms with Gasteiger partial charge in [0.25, 0.3) is 0 Å². The first kappa shape index (κ1) is 13.8. The Morgan fingerprint density at radius 1 is 1.50 bits per heavy atom. The van der Waals surface area contributed by atoms with Gasteiger partial charge in [0, 0.05) is 11.8 Å². The summed E-state index contributed by atoms with van der Waals surface area (Å²) in [7, 11) is 0. The summed E-state index contributed by atoms with van der Waals surface area (Å²) in [4.78, 5) is 11.0. The second kappa shape index (κ2) is 9.34. The molecule has 0 saturated carbocycles. The Morgan fingerprint density at radius 3 is 2.79 bits per heavy atom. The molecule has 0 rings (SSSR count). The molecule has 0 saturated heterocycles. The number of nitrogens with one attached hydrogen (secondary N) is 1. The van der Waals surface area contributed by atoms with Crippen LogP contribution in [0.3, 0.4) is 0 Å². The standard InChI is InChI=1S/C10H21NO2S/c1-4-6-11-9(3)7-14-8-10(12)13-5-2/h9,11H,4-8H2,1-3H3. The number of esters is 1. The molecule has 0 aromatic carbocycles. The lowest BCUT2D eigenvalue weighted by molar-refractivity contribution is -0.139. The highest BCUT2D eigenvalue weighted by molar-refractivity contribution is 7.99. The lowest BCUT2D eigenvalue weighted by atomic mass is 10.3. The van der Waals surface area contributed by atoms with Crippen molar-refractivity contribution in [3.05, 3.63) is 0 Å². The van der Waals surface area contributed by atoms with E-state index in [1.54, 1.807) is 11.8 Å². The van der Waals surface area contributed by atoms with Crippen LogP contribution in [0.25, 0.3) is 0 Å². The smallest absolute Gasteiger partial charge is 0.315 e. The van der Waals surface area contributed by atoms with Gasteiger partial charge in [0.05, 0.1) is 12.4 Å². The van der Waals surface area contributed by atoms with E-state index in [1.807, 2.05) is 6.92 Å². The fourth-order valence-corrected chi connectivity index (χ4v) is 1.81. The van der Waals surface area contributed by atoms with Crippen LogP contribution in [0.5, 0.6) is 0 Å². The van der Waals surface area contributed by atoms with Crippen LogP contribution in [0.4, 0.5) is 0 Å². The van der Waals surface area contributed by atoms with Crippen molar-refractivity contribution in [2.24, 2.45) is 0 Å². The number of hydrogen-bond donors (Lipinski definition) is 1. The number of rotatable bonds is 8. The molecule has 0 aromatic heterocycles. The van der Waals surface area contributed by atoms with Crippen molar-refractivity contribution in [2.45, 2.75) is 33.2 Å². The Bertz CT molecular complexity index is 153. The van der Waals surface area contributed by atoms with Gasteiger partial charge in [-0.2, -0.15) is 0 Å². The van der Waals surface area contributed by atoms with E-state index in [4.69, 9.17) is 4.74 Å². The molecule has 0 amide bonds. The van der Waals surface area contributed by atoms with E-state index in [9.17, 15) is 4.79 Å². The summed E-state index contributed by atoms with van der Waals surface area (Å²) in [6, 6.07) is 0.467. The number of thioether (sulfide) groups is 1. The van der Waals surface area contributed by atoms with Gasteiger partial charge >= 0.3 is 5.97 Å². The summed E-state index contributed by atoms with van der Waals surface area (Å²) < 4.78 is 4.82. The molecule has 0 aromatic rings. The van der Waals surface area contributed by atoms with Crippen molar-refractivity contribution in [2.75, 3.05) is 24.7 Å². The third-order valence-corrected chi connectivity index (χ3v) is 2.81. The summed E-state index contributed by atoms with van der Waals surface area (Å²) in [6.45, 7) is 7.62. The zero-order chi connectivity index (χ0) is 10.8. The molecule has 4 heteroatoms. The van der Waals surface area contributed by atoms with Crippen molar-refractivity contribution in [1.29, 1.82) is 0 Å². The molecular formula is C10H21NO2S. The maximum absolute atomic E-state index is 11.0. The molecule has 1 unspecified atom stereocenters. The van der Waals surface area contributed by atoms with Crippen molar-refractivity contribution >= 4 is 17.7 Å². The van der Waals surface area contributed by atoms with Crippen molar-refractivity contribution in [3.8, 4) is 0 Å². The van der Waals surface area contributed by atoms with Crippen LogP contribution in [0.2, 0.25) is 0 Å². The van der Waals surface area contributed by atoms with E-state index in [0.717, 1.165) is 18.7 Å². The first-order valence-corrected chi connectivity index (χ1v) is 6.32. The Balaban J connectivity index is 3.29. The highest BCUT2D eigenvalue weighted by Gasteiger charge is 2.04. The third-order valence-electron chi connectivity index (χ3n) is 1.64. The fraction of sp³-hybridized carbons (Fsp3) is 0.900. The average molecular weight is 219 g/mol. The van der Waals surface area contributed by atoms with Gasteiger partial charge in [-0.3, -0.25) is 4.79 Å². The van der Waals surface area contributed by atoms with Crippen LogP contribution >= 0.6 is 11.8 Å². The SMILES string of the molecule is CCCNC(C)CSCC(=O)OCC. The van der Waals surface area contributed by atoms with Crippen LogP contribution in [0.15, 0.2) is 0 Å². The molecular weight excluding hydrogens is 198 g/mol. The minimum atomic E-state index is -0.111. The number of carbonyl (C=O) groups excluding carboxylic acids is 1. The number of hydrogen-bond acceptors (Lipinski definition) is 4. The van der Waals surface area contributed by atoms with E-state index < -0.39 is 0 Å². The molecule has 0 radical (unpaired) electrons. The molecule has 1 N–H and O–H groups in total. The third kappa shape index (κ3) is 8.38. The first-order valence-electron chi connectivity index (χ1n) is 5.17. The monoisotopic (exact) mass is 219 g/mol. The molecule has 0 aliphatic carbocycles. The number of ether oxygens (including phenoxy) is 1. The van der Waals surface area contributed by atoms with Gasteiger partial charge in [0.1, 0.15) is 0 Å². The molecule has 0 aliphatic rings. The van der Waals surface area contributed by atoms with Crippen molar-refractivity contribution < 1.29 is 9.53 Å². The lowest BCUT2D eigenvalue weighted by Crippen LogP contribution is -2.29. The highest BCUT2D eigenvalue weighted by Crippen LogP contribution is 2.03. The van der Waals surface area contributed by atoms with Gasteiger partial charge < -0.3 is 10.1 Å². The molecule has 0 spiro atoms. The Hall–Kier alpha value is -0.220. The van der Waals surface area contributed by atoms with E-state index in [0.29, 0.717) is 18.4 Å². The number of carbonyl (C=O) groups is 1. The van der Waals surface area contributed by atoms with Gasteiger partial charge in [-0.25, -0.2) is 0 Å². The minimum absolute atomic E-state index is 0.111. The summed E-state index contributed by atoms with van der Waals surface area (Å²) in [6.07, 6.45) is 1.15. The molecule has 1 atom stereocenters. The van der Waals surface area contributed by atoms with E-state index in [1.165, 1.54) is 0 Å². The highest BCUT2D eigenvalue weighted by atomic mass is 32.2. The van der Waals surface area contributed by atoms with E-state index in [-0.39, 0.29) is 5.97 Å². The van der Waals surface area contributed by atoms with Gasteiger partial charge in [0.2, 0.25) is 0 Å². The molecule has 0 heterocycles. The molecule has 84 valence electrons. The second-order valence-corrected chi connectivity index (χ2v) is 4.21. The van der Waals surface area contributed by atoms with Gasteiger partial charge in [0.15, 0.2) is 0 Å². The lowest BCUT2D eigenvalue weighted by Gasteiger charge is -2.11. The fourth-order valence-electron chi connectivity index (χ4n) is 0.971. The second-order valence-electron chi connectivity index (χ2n) is 3.18. The van der Waals surface area contributed by atoms with Crippen molar-refractivity contribution in [3.63, 3.8) is 0 Å². The van der Waals surface area contributed by atoms with Crippen LogP contribution in [0, 0.1) is 0 Å². The van der Waals surface area contributed by atoms with Crippen LogP contribution in [0.1, 0.15) is 27.2 Å². The summed E-state index contributed by atoms with van der Waals surface area (Å²) in [5.74, 6) is 1.31. The minimum Gasteiger partial charge on any atom is -0.465 e. The maximum atomic E-state index is 11.0. The quantitative estimate of drug-likeness (QED) is 0.630. The predicted molar refractivity (Wildman–Crippen MR) is 61.7 cm³/mol. The average Bonchev–Trinajstić information content (AvgIpc) is 2.15. The zero-order valence-corrected chi connectivity index (χ0v) is 10.2.